The van der Waals surface area contributed by atoms with E-state index in [4.69, 9.17) is 23.2 Å². The molecule has 1 aromatic rings. The van der Waals surface area contributed by atoms with Crippen molar-refractivity contribution in [1.29, 1.82) is 0 Å². The Morgan fingerprint density at radius 3 is 2.74 bits per heavy atom. The van der Waals surface area contributed by atoms with Gasteiger partial charge in [0, 0.05) is 18.8 Å². The minimum atomic E-state index is -3.27. The summed E-state index contributed by atoms with van der Waals surface area (Å²) in [7, 11) is -3.27. The number of carbonyl (C=O) groups excluding carboxylic acids is 1. The van der Waals surface area contributed by atoms with E-state index in [1.165, 1.54) is 4.31 Å². The Labute approximate surface area is 147 Å². The number of nitrogens with zero attached hydrogens (tertiary/aromatic N) is 1. The third-order valence-electron chi connectivity index (χ3n) is 3.80. The molecule has 0 bridgehead atoms. The Morgan fingerprint density at radius 2 is 2.09 bits per heavy atom. The van der Waals surface area contributed by atoms with Gasteiger partial charge in [-0.2, -0.15) is 0 Å². The molecule has 0 aromatic heterocycles. The van der Waals surface area contributed by atoms with Crippen LogP contribution >= 0.6 is 23.2 Å². The predicted molar refractivity (Wildman–Crippen MR) is 93.5 cm³/mol. The molecule has 0 spiro atoms. The van der Waals surface area contributed by atoms with Crippen LogP contribution in [0.2, 0.25) is 10.0 Å². The van der Waals surface area contributed by atoms with Gasteiger partial charge in [0.1, 0.15) is 0 Å². The molecule has 8 heteroatoms. The van der Waals surface area contributed by atoms with E-state index >= 15 is 0 Å². The normalized spacial score (nSPS) is 19.5. The summed E-state index contributed by atoms with van der Waals surface area (Å²) in [4.78, 5) is 12.4. The molecule has 1 atom stereocenters. The van der Waals surface area contributed by atoms with Crippen molar-refractivity contribution in [2.75, 3.05) is 24.2 Å². The first-order chi connectivity index (χ1) is 10.8. The molecule has 1 saturated heterocycles. The standard InChI is InChI=1S/C15H20Cl2N2O3S/c1-2-8-23(21,22)19-7-3-4-11(10-19)15(20)18-12-5-6-13(16)14(17)9-12/h5-6,9,11H,2-4,7-8,10H2,1H3,(H,18,20). The second kappa shape index (κ2) is 7.83. The van der Waals surface area contributed by atoms with E-state index in [1.54, 1.807) is 18.2 Å². The molecule has 128 valence electrons. The van der Waals surface area contributed by atoms with Crippen LogP contribution in [0.25, 0.3) is 0 Å². The van der Waals surface area contributed by atoms with Gasteiger partial charge >= 0.3 is 0 Å². The predicted octanol–water partition coefficient (Wildman–Crippen LogP) is 3.38. The average molecular weight is 379 g/mol. The zero-order valence-electron chi connectivity index (χ0n) is 12.9. The summed E-state index contributed by atoms with van der Waals surface area (Å²) in [5, 5.41) is 3.56. The molecule has 1 amide bonds. The van der Waals surface area contributed by atoms with Gasteiger partial charge in [0.25, 0.3) is 0 Å². The minimum absolute atomic E-state index is 0.119. The van der Waals surface area contributed by atoms with Crippen molar-refractivity contribution in [3.8, 4) is 0 Å². The Kier molecular flexibility index (Phi) is 6.31. The van der Waals surface area contributed by atoms with Gasteiger partial charge in [-0.3, -0.25) is 4.79 Å². The van der Waals surface area contributed by atoms with Crippen LogP contribution in [0.1, 0.15) is 26.2 Å². The zero-order chi connectivity index (χ0) is 17.0. The first-order valence-corrected chi connectivity index (χ1v) is 9.93. The second-order valence-electron chi connectivity index (χ2n) is 5.63. The molecule has 1 N–H and O–H groups in total. The van der Waals surface area contributed by atoms with E-state index in [-0.39, 0.29) is 24.1 Å². The molecule has 1 heterocycles. The van der Waals surface area contributed by atoms with Crippen LogP contribution < -0.4 is 5.32 Å². The van der Waals surface area contributed by atoms with Gasteiger partial charge in [-0.1, -0.05) is 30.1 Å². The molecule has 2 rings (SSSR count). The van der Waals surface area contributed by atoms with Crippen LogP contribution in [0.4, 0.5) is 5.69 Å². The number of halogens is 2. The second-order valence-corrected chi connectivity index (χ2v) is 8.53. The first kappa shape index (κ1) is 18.5. The number of rotatable bonds is 5. The monoisotopic (exact) mass is 378 g/mol. The summed E-state index contributed by atoms with van der Waals surface area (Å²) < 4.78 is 25.7. The fraction of sp³-hybridized carbons (Fsp3) is 0.533. The lowest BCUT2D eigenvalue weighted by molar-refractivity contribution is -0.120. The molecular weight excluding hydrogens is 359 g/mol. The molecule has 0 saturated carbocycles. The number of nitrogens with one attached hydrogen (secondary N) is 1. The highest BCUT2D eigenvalue weighted by Gasteiger charge is 2.31. The summed E-state index contributed by atoms with van der Waals surface area (Å²) >= 11 is 11.8. The topological polar surface area (TPSA) is 66.5 Å². The van der Waals surface area contributed by atoms with Crippen molar-refractivity contribution in [2.45, 2.75) is 26.2 Å². The summed E-state index contributed by atoms with van der Waals surface area (Å²) in [6.45, 7) is 2.55. The van der Waals surface area contributed by atoms with Gasteiger partial charge in [-0.15, -0.1) is 0 Å². The Hall–Kier alpha value is -0.820. The van der Waals surface area contributed by atoms with E-state index < -0.39 is 10.0 Å². The van der Waals surface area contributed by atoms with Crippen molar-refractivity contribution in [2.24, 2.45) is 5.92 Å². The highest BCUT2D eigenvalue weighted by molar-refractivity contribution is 7.89. The van der Waals surface area contributed by atoms with E-state index in [1.807, 2.05) is 6.92 Å². The van der Waals surface area contributed by atoms with E-state index in [0.717, 1.165) is 0 Å². The van der Waals surface area contributed by atoms with Crippen LogP contribution in [0.5, 0.6) is 0 Å². The van der Waals surface area contributed by atoms with Gasteiger partial charge in [0.15, 0.2) is 0 Å². The SMILES string of the molecule is CCCS(=O)(=O)N1CCCC(C(=O)Nc2ccc(Cl)c(Cl)c2)C1. The van der Waals surface area contributed by atoms with Gasteiger partial charge in [0.05, 0.1) is 21.7 Å². The maximum Gasteiger partial charge on any atom is 0.228 e. The Bertz CT molecular complexity index is 679. The average Bonchev–Trinajstić information content (AvgIpc) is 2.51. The lowest BCUT2D eigenvalue weighted by Crippen LogP contribution is -2.44. The molecule has 1 fully saturated rings. The van der Waals surface area contributed by atoms with Gasteiger partial charge in [-0.25, -0.2) is 12.7 Å². The molecule has 1 aromatic carbocycles. The summed E-state index contributed by atoms with van der Waals surface area (Å²) in [6, 6.07) is 4.86. The molecule has 1 unspecified atom stereocenters. The lowest BCUT2D eigenvalue weighted by Gasteiger charge is -2.31. The zero-order valence-corrected chi connectivity index (χ0v) is 15.2. The summed E-state index contributed by atoms with van der Waals surface area (Å²) in [6.07, 6.45) is 1.92. The molecule has 23 heavy (non-hydrogen) atoms. The third kappa shape index (κ3) is 4.83. The molecule has 0 aliphatic carbocycles. The van der Waals surface area contributed by atoms with Crippen molar-refractivity contribution >= 4 is 44.8 Å². The van der Waals surface area contributed by atoms with E-state index in [9.17, 15) is 13.2 Å². The van der Waals surface area contributed by atoms with Crippen LogP contribution in [-0.2, 0) is 14.8 Å². The maximum atomic E-state index is 12.4. The van der Waals surface area contributed by atoms with Crippen molar-refractivity contribution in [1.82, 2.24) is 4.31 Å². The number of sulfonamides is 1. The third-order valence-corrected chi connectivity index (χ3v) is 6.58. The highest BCUT2D eigenvalue weighted by Crippen LogP contribution is 2.26. The number of amides is 1. The van der Waals surface area contributed by atoms with Crippen molar-refractivity contribution in [3.05, 3.63) is 28.2 Å². The fourth-order valence-electron chi connectivity index (χ4n) is 2.61. The van der Waals surface area contributed by atoms with Crippen LogP contribution in [-0.4, -0.2) is 37.5 Å². The number of hydrogen-bond donors (Lipinski definition) is 1. The largest absolute Gasteiger partial charge is 0.326 e. The Balaban J connectivity index is 2.03. The summed E-state index contributed by atoms with van der Waals surface area (Å²) in [5.41, 5.74) is 0.554. The van der Waals surface area contributed by atoms with Crippen LogP contribution in [0, 0.1) is 5.92 Å². The van der Waals surface area contributed by atoms with Gasteiger partial charge < -0.3 is 5.32 Å². The molecular formula is C15H20Cl2N2O3S. The number of benzene rings is 1. The highest BCUT2D eigenvalue weighted by atomic mass is 35.5. The quantitative estimate of drug-likeness (QED) is 0.853. The maximum absolute atomic E-state index is 12.4. The fourth-order valence-corrected chi connectivity index (χ4v) is 4.50. The first-order valence-electron chi connectivity index (χ1n) is 7.57. The van der Waals surface area contributed by atoms with Gasteiger partial charge in [-0.05, 0) is 37.5 Å². The smallest absolute Gasteiger partial charge is 0.228 e. The number of piperidine rings is 1. The van der Waals surface area contributed by atoms with E-state index in [2.05, 4.69) is 5.32 Å². The molecule has 5 nitrogen and oxygen atoms in total. The lowest BCUT2D eigenvalue weighted by atomic mass is 9.99. The minimum Gasteiger partial charge on any atom is -0.326 e. The number of carbonyl (C=O) groups is 1. The van der Waals surface area contributed by atoms with Crippen LogP contribution in [0.15, 0.2) is 18.2 Å². The summed E-state index contributed by atoms with van der Waals surface area (Å²) in [5.74, 6) is -0.432. The molecule has 1 aliphatic rings. The molecule has 0 radical (unpaired) electrons. The number of anilines is 1. The van der Waals surface area contributed by atoms with E-state index in [0.29, 0.717) is 41.5 Å². The van der Waals surface area contributed by atoms with Gasteiger partial charge in [0.2, 0.25) is 15.9 Å². The Morgan fingerprint density at radius 1 is 1.35 bits per heavy atom. The van der Waals surface area contributed by atoms with Crippen LogP contribution in [0.3, 0.4) is 0 Å². The molecule has 1 aliphatic heterocycles. The number of hydrogen-bond acceptors (Lipinski definition) is 3. The van der Waals surface area contributed by atoms with Crippen molar-refractivity contribution < 1.29 is 13.2 Å². The van der Waals surface area contributed by atoms with Crippen molar-refractivity contribution in [3.63, 3.8) is 0 Å².